The van der Waals surface area contributed by atoms with Gasteiger partial charge in [-0.25, -0.2) is 21.2 Å². The predicted molar refractivity (Wildman–Crippen MR) is 80.5 cm³/mol. The lowest BCUT2D eigenvalue weighted by atomic mass is 10.3. The molecule has 6 nitrogen and oxygen atoms in total. The van der Waals surface area contributed by atoms with Gasteiger partial charge >= 0.3 is 0 Å². The minimum atomic E-state index is -3.96. The van der Waals surface area contributed by atoms with E-state index >= 15 is 0 Å². The van der Waals surface area contributed by atoms with Crippen LogP contribution in [0.1, 0.15) is 6.92 Å². The van der Waals surface area contributed by atoms with Crippen molar-refractivity contribution in [2.45, 2.75) is 17.9 Å². The summed E-state index contributed by atoms with van der Waals surface area (Å²) in [6, 6.07) is 1.32. The van der Waals surface area contributed by atoms with E-state index in [0.29, 0.717) is 0 Å². The summed E-state index contributed by atoms with van der Waals surface area (Å²) >= 11 is 3.01. The van der Waals surface area contributed by atoms with Crippen molar-refractivity contribution in [3.8, 4) is 0 Å². The molecule has 1 heterocycles. The molecule has 1 aromatic rings. The molecule has 1 aliphatic rings. The highest BCUT2D eigenvalue weighted by molar-refractivity contribution is 9.10. The fourth-order valence-corrected chi connectivity index (χ4v) is 6.62. The van der Waals surface area contributed by atoms with E-state index < -0.39 is 31.7 Å². The first-order valence-electron chi connectivity index (χ1n) is 6.01. The lowest BCUT2D eigenvalue weighted by Gasteiger charge is -2.32. The highest BCUT2D eigenvalue weighted by Crippen LogP contribution is 2.31. The Morgan fingerprint density at radius 1 is 1.43 bits per heavy atom. The van der Waals surface area contributed by atoms with Crippen molar-refractivity contribution in [1.82, 2.24) is 4.31 Å². The third kappa shape index (κ3) is 3.22. The molecule has 2 rings (SSSR count). The number of anilines is 1. The Morgan fingerprint density at radius 2 is 2.05 bits per heavy atom. The van der Waals surface area contributed by atoms with Gasteiger partial charge < -0.3 is 5.73 Å². The quantitative estimate of drug-likeness (QED) is 0.746. The topological polar surface area (TPSA) is 97.5 Å². The molecule has 0 aromatic heterocycles. The summed E-state index contributed by atoms with van der Waals surface area (Å²) in [6.07, 6.45) is 0. The Bertz CT molecular complexity index is 780. The number of nitrogens with two attached hydrogens (primary N) is 1. The van der Waals surface area contributed by atoms with Gasteiger partial charge in [0, 0.05) is 17.1 Å². The molecular weight excluding hydrogens is 387 g/mol. The van der Waals surface area contributed by atoms with E-state index in [1.165, 1.54) is 6.92 Å². The van der Waals surface area contributed by atoms with Gasteiger partial charge in [-0.3, -0.25) is 0 Å². The Hall–Kier alpha value is -0.710. The van der Waals surface area contributed by atoms with Crippen LogP contribution >= 0.6 is 15.9 Å². The van der Waals surface area contributed by atoms with Crippen LogP contribution in [0.25, 0.3) is 0 Å². The molecule has 0 amide bonds. The molecule has 0 bridgehead atoms. The maximum Gasteiger partial charge on any atom is 0.244 e. The van der Waals surface area contributed by atoms with Crippen molar-refractivity contribution < 1.29 is 21.2 Å². The smallest absolute Gasteiger partial charge is 0.244 e. The maximum absolute atomic E-state index is 13.3. The first-order chi connectivity index (χ1) is 9.54. The van der Waals surface area contributed by atoms with Crippen molar-refractivity contribution in [1.29, 1.82) is 0 Å². The lowest BCUT2D eigenvalue weighted by Crippen LogP contribution is -2.49. The number of nitrogens with zero attached hydrogens (tertiary/aromatic N) is 1. The van der Waals surface area contributed by atoms with Crippen LogP contribution in [0.15, 0.2) is 21.5 Å². The number of nitrogen functional groups attached to an aromatic ring is 1. The Morgan fingerprint density at radius 3 is 2.62 bits per heavy atom. The predicted octanol–water partition coefficient (Wildman–Crippen LogP) is 0.978. The van der Waals surface area contributed by atoms with E-state index in [1.807, 2.05) is 0 Å². The standard InChI is InChI=1S/C11H14BrFN2O4S2/c1-7-6-20(16,17)3-2-15(7)21(18,19)11-5-10(14)9(13)4-8(11)12/h4-5,7H,2-3,6,14H2,1H3. The van der Waals surface area contributed by atoms with E-state index in [4.69, 9.17) is 5.73 Å². The maximum atomic E-state index is 13.3. The van der Waals surface area contributed by atoms with Crippen molar-refractivity contribution in [2.24, 2.45) is 0 Å². The van der Waals surface area contributed by atoms with Crippen molar-refractivity contribution in [2.75, 3.05) is 23.8 Å². The van der Waals surface area contributed by atoms with E-state index in [2.05, 4.69) is 15.9 Å². The summed E-state index contributed by atoms with van der Waals surface area (Å²) in [6.45, 7) is 1.39. The second-order valence-electron chi connectivity index (χ2n) is 4.88. The molecular formula is C11H14BrFN2O4S2. The average molecular weight is 401 g/mol. The number of rotatable bonds is 2. The van der Waals surface area contributed by atoms with Crippen LogP contribution in [0.3, 0.4) is 0 Å². The Kier molecular flexibility index (Phi) is 4.35. The van der Waals surface area contributed by atoms with Gasteiger partial charge in [-0.05, 0) is 35.0 Å². The summed E-state index contributed by atoms with van der Waals surface area (Å²) < 4.78 is 62.8. The van der Waals surface area contributed by atoms with Crippen molar-refractivity contribution in [3.63, 3.8) is 0 Å². The van der Waals surface area contributed by atoms with Gasteiger partial charge in [-0.2, -0.15) is 4.31 Å². The highest BCUT2D eigenvalue weighted by Gasteiger charge is 2.37. The van der Waals surface area contributed by atoms with Gasteiger partial charge in [0.25, 0.3) is 0 Å². The van der Waals surface area contributed by atoms with Crippen LogP contribution in [0, 0.1) is 5.82 Å². The fourth-order valence-electron chi connectivity index (χ4n) is 2.21. The Labute approximate surface area is 131 Å². The molecule has 1 atom stereocenters. The largest absolute Gasteiger partial charge is 0.396 e. The summed E-state index contributed by atoms with van der Waals surface area (Å²) in [5, 5.41) is 0. The molecule has 21 heavy (non-hydrogen) atoms. The molecule has 1 fully saturated rings. The first-order valence-corrected chi connectivity index (χ1v) is 10.1. The van der Waals surface area contributed by atoms with Gasteiger partial charge in [0.1, 0.15) is 5.82 Å². The zero-order chi connectivity index (χ0) is 16.0. The fraction of sp³-hybridized carbons (Fsp3) is 0.455. The minimum Gasteiger partial charge on any atom is -0.396 e. The van der Waals surface area contributed by atoms with E-state index in [9.17, 15) is 21.2 Å². The van der Waals surface area contributed by atoms with Gasteiger partial charge in [0.15, 0.2) is 9.84 Å². The number of sulfonamides is 1. The molecule has 10 heteroatoms. The van der Waals surface area contributed by atoms with Crippen LogP contribution in [0.5, 0.6) is 0 Å². The summed E-state index contributed by atoms with van der Waals surface area (Å²) in [5.41, 5.74) is 5.14. The number of benzene rings is 1. The second-order valence-corrected chi connectivity index (χ2v) is 9.83. The Balaban J connectivity index is 2.46. The van der Waals surface area contributed by atoms with E-state index in [0.717, 1.165) is 16.4 Å². The number of hydrogen-bond donors (Lipinski definition) is 1. The molecule has 1 unspecified atom stereocenters. The zero-order valence-corrected chi connectivity index (χ0v) is 14.3. The molecule has 1 saturated heterocycles. The van der Waals surface area contributed by atoms with Gasteiger partial charge in [0.2, 0.25) is 10.0 Å². The van der Waals surface area contributed by atoms with Crippen LogP contribution in [0.2, 0.25) is 0 Å². The molecule has 118 valence electrons. The monoisotopic (exact) mass is 400 g/mol. The summed E-state index contributed by atoms with van der Waals surface area (Å²) in [7, 11) is -7.19. The number of halogens is 2. The van der Waals surface area contributed by atoms with Gasteiger partial charge in [-0.1, -0.05) is 0 Å². The minimum absolute atomic E-state index is 0.0508. The molecule has 1 aromatic carbocycles. The third-order valence-electron chi connectivity index (χ3n) is 3.25. The molecule has 1 aliphatic heterocycles. The summed E-state index contributed by atoms with van der Waals surface area (Å²) in [4.78, 5) is -0.174. The van der Waals surface area contributed by atoms with Crippen molar-refractivity contribution in [3.05, 3.63) is 22.4 Å². The number of hydrogen-bond acceptors (Lipinski definition) is 5. The van der Waals surface area contributed by atoms with Crippen molar-refractivity contribution >= 4 is 41.5 Å². The van der Waals surface area contributed by atoms with Crippen LogP contribution in [-0.2, 0) is 19.9 Å². The zero-order valence-electron chi connectivity index (χ0n) is 11.1. The van der Waals surface area contributed by atoms with Crippen LogP contribution in [-0.4, -0.2) is 45.2 Å². The molecule has 0 radical (unpaired) electrons. The first kappa shape index (κ1) is 16.7. The second kappa shape index (κ2) is 5.49. The summed E-state index contributed by atoms with van der Waals surface area (Å²) in [5.74, 6) is -1.19. The normalized spacial score (nSPS) is 23.1. The molecule has 0 spiro atoms. The molecule has 0 aliphatic carbocycles. The van der Waals surface area contributed by atoms with Gasteiger partial charge in [0.05, 0.1) is 22.1 Å². The highest BCUT2D eigenvalue weighted by atomic mass is 79.9. The lowest BCUT2D eigenvalue weighted by molar-refractivity contribution is 0.356. The van der Waals surface area contributed by atoms with Crippen LogP contribution < -0.4 is 5.73 Å². The van der Waals surface area contributed by atoms with Crippen LogP contribution in [0.4, 0.5) is 10.1 Å². The van der Waals surface area contributed by atoms with Gasteiger partial charge in [-0.15, -0.1) is 0 Å². The van der Waals surface area contributed by atoms with E-state index in [1.54, 1.807) is 0 Å². The average Bonchev–Trinajstić information content (AvgIpc) is 2.31. The third-order valence-corrected chi connectivity index (χ3v) is 8.01. The van der Waals surface area contributed by atoms with E-state index in [-0.39, 0.29) is 33.1 Å². The molecule has 2 N–H and O–H groups in total. The molecule has 0 saturated carbocycles. The SMILES string of the molecule is CC1CS(=O)(=O)CCN1S(=O)(=O)c1cc(N)c(F)cc1Br. The number of sulfone groups is 1.